The van der Waals surface area contributed by atoms with Gasteiger partial charge < -0.3 is 19.5 Å². The van der Waals surface area contributed by atoms with Crippen LogP contribution in [0.2, 0.25) is 0 Å². The van der Waals surface area contributed by atoms with E-state index >= 15 is 0 Å². The molecule has 0 radical (unpaired) electrons. The summed E-state index contributed by atoms with van der Waals surface area (Å²) in [4.78, 5) is 14.9. The summed E-state index contributed by atoms with van der Waals surface area (Å²) >= 11 is 0. The minimum absolute atomic E-state index is 0.0672. The fraction of sp³-hybridized carbons (Fsp3) is 0.938. The number of aliphatic hydroxyl groups is 1. The van der Waals surface area contributed by atoms with Gasteiger partial charge >= 0.3 is 0 Å². The number of hydrogen-bond donors (Lipinski definition) is 1. The summed E-state index contributed by atoms with van der Waals surface area (Å²) in [5.41, 5.74) is -1.07. The van der Waals surface area contributed by atoms with Crippen LogP contribution < -0.4 is 0 Å². The zero-order valence-corrected chi connectivity index (χ0v) is 13.7. The van der Waals surface area contributed by atoms with Gasteiger partial charge in [0.1, 0.15) is 5.60 Å². The van der Waals surface area contributed by atoms with Crippen molar-refractivity contribution in [1.82, 2.24) is 4.90 Å². The van der Waals surface area contributed by atoms with Crippen LogP contribution in [0.15, 0.2) is 0 Å². The zero-order chi connectivity index (χ0) is 15.7. The Morgan fingerprint density at radius 3 is 2.38 bits per heavy atom. The smallest absolute Gasteiger partial charge is 0.171 e. The van der Waals surface area contributed by atoms with Crippen molar-refractivity contribution in [3.8, 4) is 0 Å². The van der Waals surface area contributed by atoms with E-state index in [1.54, 1.807) is 0 Å². The van der Waals surface area contributed by atoms with Gasteiger partial charge in [-0.3, -0.25) is 4.79 Å². The van der Waals surface area contributed by atoms with E-state index in [4.69, 9.17) is 14.6 Å². The van der Waals surface area contributed by atoms with Gasteiger partial charge in [-0.05, 0) is 40.5 Å². The molecule has 0 saturated carbocycles. The van der Waals surface area contributed by atoms with E-state index in [9.17, 15) is 4.79 Å². The normalized spacial score (nSPS) is 30.0. The van der Waals surface area contributed by atoms with Gasteiger partial charge in [-0.25, -0.2) is 0 Å². The van der Waals surface area contributed by atoms with Crippen LogP contribution in [0.3, 0.4) is 0 Å². The molecule has 5 heteroatoms. The summed E-state index contributed by atoms with van der Waals surface area (Å²) < 4.78 is 11.5. The zero-order valence-electron chi connectivity index (χ0n) is 13.7. The van der Waals surface area contributed by atoms with E-state index < -0.39 is 11.2 Å². The molecule has 0 aromatic rings. The molecule has 0 spiro atoms. The molecule has 2 aliphatic heterocycles. The van der Waals surface area contributed by atoms with E-state index in [1.807, 2.05) is 27.7 Å². The Bertz CT molecular complexity index is 372. The van der Waals surface area contributed by atoms with Crippen LogP contribution in [0.5, 0.6) is 0 Å². The number of ketones is 1. The fourth-order valence-electron chi connectivity index (χ4n) is 3.55. The van der Waals surface area contributed by atoms with Crippen LogP contribution in [0.4, 0.5) is 0 Å². The Hall–Kier alpha value is -0.490. The maximum Gasteiger partial charge on any atom is 0.171 e. The lowest BCUT2D eigenvalue weighted by Gasteiger charge is -2.35. The lowest BCUT2D eigenvalue weighted by molar-refractivity contribution is -0.132. The van der Waals surface area contributed by atoms with Crippen LogP contribution in [0.1, 0.15) is 40.5 Å². The van der Waals surface area contributed by atoms with Crippen molar-refractivity contribution in [1.29, 1.82) is 0 Å². The predicted octanol–water partition coefficient (Wildman–Crippen LogP) is 1.23. The van der Waals surface area contributed by atoms with Crippen molar-refractivity contribution in [2.75, 3.05) is 32.8 Å². The van der Waals surface area contributed by atoms with Crippen molar-refractivity contribution in [2.24, 2.45) is 5.92 Å². The molecule has 0 bridgehead atoms. The highest BCUT2D eigenvalue weighted by Gasteiger charge is 2.53. The van der Waals surface area contributed by atoms with Gasteiger partial charge in [0.2, 0.25) is 0 Å². The monoisotopic (exact) mass is 299 g/mol. The molecule has 1 unspecified atom stereocenters. The van der Waals surface area contributed by atoms with Gasteiger partial charge in [0.15, 0.2) is 5.78 Å². The topological polar surface area (TPSA) is 59.0 Å². The highest BCUT2D eigenvalue weighted by Crippen LogP contribution is 2.39. The quantitative estimate of drug-likeness (QED) is 0.827. The maximum absolute atomic E-state index is 12.5. The first-order valence-corrected chi connectivity index (χ1v) is 7.95. The minimum Gasteiger partial charge on any atom is -0.394 e. The number of aliphatic hydroxyl groups excluding tert-OH is 1. The van der Waals surface area contributed by atoms with Crippen LogP contribution in [0, 0.1) is 5.92 Å². The summed E-state index contributed by atoms with van der Waals surface area (Å²) in [5, 5.41) is 8.79. The first-order valence-electron chi connectivity index (χ1n) is 7.95. The van der Waals surface area contributed by atoms with Crippen molar-refractivity contribution >= 4 is 5.78 Å². The number of nitrogens with zero attached hydrogens (tertiary/aromatic N) is 1. The van der Waals surface area contributed by atoms with Gasteiger partial charge in [0, 0.05) is 19.6 Å². The number of Topliss-reactive ketones (excluding diaryl/α,β-unsaturated/α-hetero) is 1. The average Bonchev–Trinajstić information content (AvgIpc) is 2.56. The van der Waals surface area contributed by atoms with Crippen molar-refractivity contribution in [3.63, 3.8) is 0 Å². The second-order valence-corrected chi connectivity index (χ2v) is 7.23. The summed E-state index contributed by atoms with van der Waals surface area (Å²) in [6.45, 7) is 10.9. The third-order valence-corrected chi connectivity index (χ3v) is 4.69. The van der Waals surface area contributed by atoms with E-state index in [-0.39, 0.29) is 24.4 Å². The molecule has 2 rings (SSSR count). The van der Waals surface area contributed by atoms with Crippen molar-refractivity contribution < 1.29 is 19.4 Å². The predicted molar refractivity (Wildman–Crippen MR) is 80.2 cm³/mol. The van der Waals surface area contributed by atoms with Gasteiger partial charge in [0.25, 0.3) is 0 Å². The summed E-state index contributed by atoms with van der Waals surface area (Å²) in [5.74, 6) is 0.147. The molecule has 2 heterocycles. The molecule has 0 aliphatic carbocycles. The minimum atomic E-state index is -0.670. The number of rotatable bonds is 5. The third-order valence-electron chi connectivity index (χ3n) is 4.69. The van der Waals surface area contributed by atoms with Gasteiger partial charge in [-0.2, -0.15) is 0 Å². The second kappa shape index (κ2) is 6.32. The molecule has 1 N–H and O–H groups in total. The highest BCUT2D eigenvalue weighted by atomic mass is 16.5. The van der Waals surface area contributed by atoms with Crippen molar-refractivity contribution in [2.45, 2.75) is 57.8 Å². The SMILES string of the molecule is CC1(C)OC(C)(C)C(CN2CCC(OCCO)CC2)C1=O. The molecule has 2 saturated heterocycles. The number of hydrogen-bond acceptors (Lipinski definition) is 5. The lowest BCUT2D eigenvalue weighted by Crippen LogP contribution is -2.45. The maximum atomic E-state index is 12.5. The number of carbonyl (C=O) groups excluding carboxylic acids is 1. The summed E-state index contributed by atoms with van der Waals surface area (Å²) in [7, 11) is 0. The molecular formula is C16H29NO4. The number of ether oxygens (including phenoxy) is 2. The molecule has 0 amide bonds. The fourth-order valence-corrected chi connectivity index (χ4v) is 3.55. The van der Waals surface area contributed by atoms with Crippen LogP contribution in [-0.4, -0.2) is 65.9 Å². The highest BCUT2D eigenvalue weighted by molar-refractivity contribution is 5.91. The molecule has 5 nitrogen and oxygen atoms in total. The van der Waals surface area contributed by atoms with Crippen LogP contribution >= 0.6 is 0 Å². The third kappa shape index (κ3) is 3.83. The standard InChI is InChI=1S/C16H29NO4/c1-15(2)13(14(19)16(3,4)21-15)11-17-7-5-12(6-8-17)20-10-9-18/h12-13,18H,5-11H2,1-4H3. The first kappa shape index (κ1) is 16.9. The van der Waals surface area contributed by atoms with Crippen molar-refractivity contribution in [3.05, 3.63) is 0 Å². The average molecular weight is 299 g/mol. The van der Waals surface area contributed by atoms with Crippen LogP contribution in [-0.2, 0) is 14.3 Å². The molecule has 1 atom stereocenters. The Labute approximate surface area is 127 Å². The van der Waals surface area contributed by atoms with Gasteiger partial charge in [0.05, 0.1) is 30.8 Å². The Balaban J connectivity index is 1.87. The molecule has 2 fully saturated rings. The number of likely N-dealkylation sites (tertiary alicyclic amines) is 1. The molecule has 0 aromatic heterocycles. The van der Waals surface area contributed by atoms with Crippen LogP contribution in [0.25, 0.3) is 0 Å². The summed E-state index contributed by atoms with van der Waals surface area (Å²) in [6.07, 6.45) is 2.17. The number of carbonyl (C=O) groups is 1. The van der Waals surface area contributed by atoms with Gasteiger partial charge in [-0.15, -0.1) is 0 Å². The molecule has 0 aromatic carbocycles. The molecule has 122 valence electrons. The van der Waals surface area contributed by atoms with E-state index in [0.29, 0.717) is 6.61 Å². The first-order chi connectivity index (χ1) is 9.76. The second-order valence-electron chi connectivity index (χ2n) is 7.23. The van der Waals surface area contributed by atoms with E-state index in [1.165, 1.54) is 0 Å². The Kier molecular flexibility index (Phi) is 5.08. The van der Waals surface area contributed by atoms with E-state index in [0.717, 1.165) is 32.5 Å². The van der Waals surface area contributed by atoms with Gasteiger partial charge in [-0.1, -0.05) is 0 Å². The number of piperidine rings is 1. The van der Waals surface area contributed by atoms with E-state index in [2.05, 4.69) is 4.90 Å². The molecular weight excluding hydrogens is 270 g/mol. The molecule has 21 heavy (non-hydrogen) atoms. The Morgan fingerprint density at radius 1 is 1.29 bits per heavy atom. The Morgan fingerprint density at radius 2 is 1.90 bits per heavy atom. The summed E-state index contributed by atoms with van der Waals surface area (Å²) in [6, 6.07) is 0. The largest absolute Gasteiger partial charge is 0.394 e. The lowest BCUT2D eigenvalue weighted by atomic mass is 9.85. The molecule has 2 aliphatic rings.